The lowest BCUT2D eigenvalue weighted by molar-refractivity contribution is 0.0327. The predicted molar refractivity (Wildman–Crippen MR) is 86.7 cm³/mol. The fraction of sp³-hybridized carbons (Fsp3) is 0.667. The van der Waals surface area contributed by atoms with Crippen molar-refractivity contribution in [2.75, 3.05) is 13.1 Å². The van der Waals surface area contributed by atoms with Crippen molar-refractivity contribution in [2.24, 2.45) is 11.8 Å². The summed E-state index contributed by atoms with van der Waals surface area (Å²) in [6, 6.07) is 10.2. The van der Waals surface area contributed by atoms with E-state index in [1.165, 1.54) is 0 Å². The summed E-state index contributed by atoms with van der Waals surface area (Å²) in [5.74, 6) is 1.23. The van der Waals surface area contributed by atoms with E-state index in [0.29, 0.717) is 11.8 Å². The van der Waals surface area contributed by atoms with Gasteiger partial charge in [0, 0.05) is 19.1 Å². The Bertz CT molecular complexity index is 351. The molecule has 0 aliphatic rings. The Morgan fingerprint density at radius 2 is 1.45 bits per heavy atom. The molecule has 1 rings (SSSR count). The molecule has 0 aliphatic heterocycles. The number of rotatable bonds is 8. The molecule has 2 unspecified atom stereocenters. The third-order valence-corrected chi connectivity index (χ3v) is 3.59. The Kier molecular flexibility index (Phi) is 7.25. The quantitative estimate of drug-likeness (QED) is 0.773. The first-order valence-corrected chi connectivity index (χ1v) is 7.92. The molecule has 0 saturated carbocycles. The molecule has 0 aromatic heterocycles. The van der Waals surface area contributed by atoms with Crippen molar-refractivity contribution < 1.29 is 5.11 Å². The first kappa shape index (κ1) is 17.2. The van der Waals surface area contributed by atoms with Crippen LogP contribution in [0.25, 0.3) is 0 Å². The molecule has 1 aromatic rings. The molecule has 20 heavy (non-hydrogen) atoms. The van der Waals surface area contributed by atoms with Crippen molar-refractivity contribution >= 4 is 0 Å². The molecule has 0 radical (unpaired) electrons. The van der Waals surface area contributed by atoms with E-state index in [2.05, 4.69) is 39.5 Å². The number of hydrogen-bond acceptors (Lipinski definition) is 2. The molecule has 2 nitrogen and oxygen atoms in total. The molecule has 0 spiro atoms. The van der Waals surface area contributed by atoms with E-state index in [9.17, 15) is 5.11 Å². The lowest BCUT2D eigenvalue weighted by Crippen LogP contribution is -2.43. The van der Waals surface area contributed by atoms with Gasteiger partial charge in [0.1, 0.15) is 0 Å². The molecule has 114 valence electrons. The third kappa shape index (κ3) is 5.26. The Labute approximate surface area is 124 Å². The molecular formula is C18H31NO. The monoisotopic (exact) mass is 277 g/mol. The van der Waals surface area contributed by atoms with Gasteiger partial charge in [-0.25, -0.2) is 0 Å². The Morgan fingerprint density at radius 3 is 1.85 bits per heavy atom. The van der Waals surface area contributed by atoms with Gasteiger partial charge >= 0.3 is 0 Å². The number of benzene rings is 1. The maximum atomic E-state index is 10.7. The van der Waals surface area contributed by atoms with E-state index >= 15 is 0 Å². The highest BCUT2D eigenvalue weighted by Crippen LogP contribution is 2.25. The summed E-state index contributed by atoms with van der Waals surface area (Å²) in [5, 5.41) is 10.7. The predicted octanol–water partition coefficient (Wildman–Crippen LogP) is 4.11. The van der Waals surface area contributed by atoms with Gasteiger partial charge in [0.25, 0.3) is 0 Å². The van der Waals surface area contributed by atoms with Crippen LogP contribution in [0.3, 0.4) is 0 Å². The van der Waals surface area contributed by atoms with Crippen molar-refractivity contribution in [3.05, 3.63) is 35.9 Å². The van der Waals surface area contributed by atoms with Gasteiger partial charge in [0.05, 0.1) is 6.10 Å². The van der Waals surface area contributed by atoms with Crippen LogP contribution >= 0.6 is 0 Å². The smallest absolute Gasteiger partial charge is 0.0945 e. The van der Waals surface area contributed by atoms with Crippen LogP contribution in [-0.2, 0) is 0 Å². The summed E-state index contributed by atoms with van der Waals surface area (Å²) < 4.78 is 0. The number of nitrogens with zero attached hydrogens (tertiary/aromatic N) is 1. The van der Waals surface area contributed by atoms with Gasteiger partial charge in [0.2, 0.25) is 0 Å². The van der Waals surface area contributed by atoms with Crippen LogP contribution in [0.15, 0.2) is 30.3 Å². The highest BCUT2D eigenvalue weighted by Gasteiger charge is 2.26. The molecule has 0 fully saturated rings. The zero-order valence-corrected chi connectivity index (χ0v) is 13.7. The van der Waals surface area contributed by atoms with Gasteiger partial charge in [0.15, 0.2) is 0 Å². The van der Waals surface area contributed by atoms with Gasteiger partial charge in [-0.3, -0.25) is 4.90 Å². The maximum Gasteiger partial charge on any atom is 0.0945 e. The van der Waals surface area contributed by atoms with Crippen LogP contribution in [0, 0.1) is 11.8 Å². The summed E-state index contributed by atoms with van der Waals surface area (Å²) >= 11 is 0. The standard InChI is InChI=1S/C18H31NO/c1-6-17(18(20)16-10-8-7-9-11-16)19(12-14(2)3)13-15(4)5/h7-11,14-15,17-18,20H,6,12-13H2,1-5H3. The lowest BCUT2D eigenvalue weighted by atomic mass is 9.97. The van der Waals surface area contributed by atoms with E-state index in [4.69, 9.17) is 0 Å². The second-order valence-corrected chi connectivity index (χ2v) is 6.57. The minimum atomic E-state index is -0.404. The van der Waals surface area contributed by atoms with Crippen LogP contribution in [-0.4, -0.2) is 29.1 Å². The molecule has 0 bridgehead atoms. The van der Waals surface area contributed by atoms with Crippen LogP contribution in [0.4, 0.5) is 0 Å². The Morgan fingerprint density at radius 1 is 0.950 bits per heavy atom. The van der Waals surface area contributed by atoms with Crippen LogP contribution in [0.5, 0.6) is 0 Å². The van der Waals surface area contributed by atoms with Gasteiger partial charge in [-0.1, -0.05) is 65.0 Å². The second kappa shape index (κ2) is 8.43. The van der Waals surface area contributed by atoms with Gasteiger partial charge in [-0.05, 0) is 23.8 Å². The van der Waals surface area contributed by atoms with E-state index in [1.54, 1.807) is 0 Å². The molecule has 0 aliphatic carbocycles. The summed E-state index contributed by atoms with van der Waals surface area (Å²) in [6.07, 6.45) is 0.564. The lowest BCUT2D eigenvalue weighted by Gasteiger charge is -2.36. The van der Waals surface area contributed by atoms with E-state index in [0.717, 1.165) is 25.1 Å². The van der Waals surface area contributed by atoms with E-state index in [-0.39, 0.29) is 6.04 Å². The Balaban J connectivity index is 2.88. The number of hydrogen-bond donors (Lipinski definition) is 1. The normalized spacial score (nSPS) is 15.1. The van der Waals surface area contributed by atoms with Crippen LogP contribution < -0.4 is 0 Å². The summed E-state index contributed by atoms with van der Waals surface area (Å²) in [4.78, 5) is 2.47. The molecule has 0 heterocycles. The number of aliphatic hydroxyl groups excluding tert-OH is 1. The van der Waals surface area contributed by atoms with E-state index in [1.807, 2.05) is 30.3 Å². The molecule has 2 heteroatoms. The van der Waals surface area contributed by atoms with Crippen molar-refractivity contribution in [2.45, 2.75) is 53.2 Å². The molecule has 1 N–H and O–H groups in total. The molecule has 0 saturated heterocycles. The van der Waals surface area contributed by atoms with Crippen molar-refractivity contribution in [3.8, 4) is 0 Å². The molecule has 1 aromatic carbocycles. The fourth-order valence-corrected chi connectivity index (χ4v) is 2.84. The summed E-state index contributed by atoms with van der Waals surface area (Å²) in [7, 11) is 0. The zero-order chi connectivity index (χ0) is 15.1. The highest BCUT2D eigenvalue weighted by molar-refractivity contribution is 5.18. The van der Waals surface area contributed by atoms with Crippen molar-refractivity contribution in [1.29, 1.82) is 0 Å². The number of aliphatic hydroxyl groups is 1. The average Bonchev–Trinajstić information content (AvgIpc) is 2.39. The zero-order valence-electron chi connectivity index (χ0n) is 13.7. The minimum Gasteiger partial charge on any atom is -0.387 e. The summed E-state index contributed by atoms with van der Waals surface area (Å²) in [6.45, 7) is 13.2. The average molecular weight is 277 g/mol. The largest absolute Gasteiger partial charge is 0.387 e. The molecule has 0 amide bonds. The van der Waals surface area contributed by atoms with Crippen molar-refractivity contribution in [3.63, 3.8) is 0 Å². The van der Waals surface area contributed by atoms with Gasteiger partial charge in [-0.15, -0.1) is 0 Å². The third-order valence-electron chi connectivity index (χ3n) is 3.59. The topological polar surface area (TPSA) is 23.5 Å². The maximum absolute atomic E-state index is 10.7. The second-order valence-electron chi connectivity index (χ2n) is 6.57. The van der Waals surface area contributed by atoms with Crippen molar-refractivity contribution in [1.82, 2.24) is 4.90 Å². The van der Waals surface area contributed by atoms with Crippen LogP contribution in [0.2, 0.25) is 0 Å². The molecule has 2 atom stereocenters. The van der Waals surface area contributed by atoms with E-state index < -0.39 is 6.10 Å². The van der Waals surface area contributed by atoms with Crippen LogP contribution in [0.1, 0.15) is 52.7 Å². The minimum absolute atomic E-state index is 0.196. The SMILES string of the molecule is CCC(C(O)c1ccccc1)N(CC(C)C)CC(C)C. The fourth-order valence-electron chi connectivity index (χ4n) is 2.84. The molecular weight excluding hydrogens is 246 g/mol. The first-order chi connectivity index (χ1) is 9.45. The highest BCUT2D eigenvalue weighted by atomic mass is 16.3. The first-order valence-electron chi connectivity index (χ1n) is 7.92. The van der Waals surface area contributed by atoms with Gasteiger partial charge in [-0.2, -0.15) is 0 Å². The van der Waals surface area contributed by atoms with Gasteiger partial charge < -0.3 is 5.11 Å². The Hall–Kier alpha value is -0.860. The summed E-state index contributed by atoms with van der Waals surface area (Å²) in [5.41, 5.74) is 1.02.